The van der Waals surface area contributed by atoms with Crippen molar-refractivity contribution in [3.63, 3.8) is 0 Å². The molecule has 92 valence electrons. The van der Waals surface area contributed by atoms with Crippen LogP contribution < -0.4 is 0 Å². The van der Waals surface area contributed by atoms with Crippen LogP contribution in [0.1, 0.15) is 30.7 Å². The van der Waals surface area contributed by atoms with Crippen LogP contribution in [0.3, 0.4) is 0 Å². The summed E-state index contributed by atoms with van der Waals surface area (Å²) in [6.07, 6.45) is 2.09. The molecule has 1 aromatic carbocycles. The Kier molecular flexibility index (Phi) is 2.63. The smallest absolute Gasteiger partial charge is 0.242 e. The fourth-order valence-corrected chi connectivity index (χ4v) is 2.60. The molecular weight excluding hydrogens is 230 g/mol. The molecule has 1 unspecified atom stereocenters. The van der Waals surface area contributed by atoms with E-state index in [0.717, 1.165) is 18.4 Å². The Balaban J connectivity index is 2.10. The third-order valence-electron chi connectivity index (χ3n) is 3.40. The van der Waals surface area contributed by atoms with Gasteiger partial charge in [-0.05, 0) is 12.0 Å². The second-order valence-electron chi connectivity index (χ2n) is 4.50. The van der Waals surface area contributed by atoms with Gasteiger partial charge >= 0.3 is 0 Å². The standard InChI is InChI=1S/C14H13NO3/c16-10-7-4-8-11-13(10)12(14(15-17)18-11)9-5-2-1-3-6-9/h1-3,5-6,12,17H,4,7-8H2/b15-14-. The number of ether oxygens (including phenoxy) is 1. The molecule has 4 nitrogen and oxygen atoms in total. The Hall–Kier alpha value is -2.10. The number of allylic oxidation sites excluding steroid dienone is 1. The molecule has 0 saturated heterocycles. The number of benzene rings is 1. The van der Waals surface area contributed by atoms with Crippen molar-refractivity contribution >= 4 is 11.7 Å². The number of carbonyl (C=O) groups excluding carboxylic acids is 1. The summed E-state index contributed by atoms with van der Waals surface area (Å²) in [7, 11) is 0. The van der Waals surface area contributed by atoms with E-state index in [1.807, 2.05) is 30.3 Å². The minimum Gasteiger partial charge on any atom is -0.443 e. The van der Waals surface area contributed by atoms with Crippen LogP contribution in [-0.4, -0.2) is 16.9 Å². The number of carbonyl (C=O) groups is 1. The SMILES string of the molecule is O=C1CCCC2=C1C(c1ccccc1)/C(=N/O)O2. The van der Waals surface area contributed by atoms with Gasteiger partial charge in [-0.1, -0.05) is 35.5 Å². The van der Waals surface area contributed by atoms with Gasteiger partial charge < -0.3 is 9.94 Å². The molecule has 0 bridgehead atoms. The highest BCUT2D eigenvalue weighted by Gasteiger charge is 2.40. The Morgan fingerprint density at radius 2 is 2.00 bits per heavy atom. The fraction of sp³-hybridized carbons (Fsp3) is 0.286. The van der Waals surface area contributed by atoms with Gasteiger partial charge in [0.25, 0.3) is 0 Å². The minimum absolute atomic E-state index is 0.101. The predicted molar refractivity (Wildman–Crippen MR) is 65.4 cm³/mol. The maximum Gasteiger partial charge on any atom is 0.242 e. The Morgan fingerprint density at radius 1 is 1.22 bits per heavy atom. The molecule has 2 aliphatic rings. The number of hydrogen-bond acceptors (Lipinski definition) is 4. The van der Waals surface area contributed by atoms with Crippen LogP contribution in [0, 0.1) is 0 Å². The van der Waals surface area contributed by atoms with E-state index in [9.17, 15) is 4.79 Å². The van der Waals surface area contributed by atoms with E-state index >= 15 is 0 Å². The van der Waals surface area contributed by atoms with Crippen LogP contribution >= 0.6 is 0 Å². The first-order valence-corrected chi connectivity index (χ1v) is 6.02. The van der Waals surface area contributed by atoms with Crippen molar-refractivity contribution in [3.8, 4) is 0 Å². The highest BCUT2D eigenvalue weighted by Crippen LogP contribution is 2.41. The van der Waals surface area contributed by atoms with Gasteiger partial charge in [0, 0.05) is 12.8 Å². The summed E-state index contributed by atoms with van der Waals surface area (Å²) >= 11 is 0. The van der Waals surface area contributed by atoms with E-state index in [4.69, 9.17) is 9.94 Å². The number of nitrogens with zero attached hydrogens (tertiary/aromatic N) is 1. The molecule has 1 atom stereocenters. The Bertz CT molecular complexity index is 545. The van der Waals surface area contributed by atoms with Crippen molar-refractivity contribution < 1.29 is 14.7 Å². The second kappa shape index (κ2) is 4.29. The maximum absolute atomic E-state index is 12.0. The summed E-state index contributed by atoms with van der Waals surface area (Å²) in [5, 5.41) is 12.3. The van der Waals surface area contributed by atoms with Crippen molar-refractivity contribution in [3.05, 3.63) is 47.2 Å². The largest absolute Gasteiger partial charge is 0.443 e. The highest BCUT2D eigenvalue weighted by atomic mass is 16.5. The van der Waals surface area contributed by atoms with Gasteiger partial charge in [-0.15, -0.1) is 0 Å². The number of rotatable bonds is 1. The molecule has 1 N–H and O–H groups in total. The zero-order valence-electron chi connectivity index (χ0n) is 9.80. The van der Waals surface area contributed by atoms with E-state index in [2.05, 4.69) is 5.16 Å². The molecule has 0 saturated carbocycles. The van der Waals surface area contributed by atoms with Crippen LogP contribution in [0.4, 0.5) is 0 Å². The monoisotopic (exact) mass is 243 g/mol. The molecule has 1 aliphatic carbocycles. The summed E-state index contributed by atoms with van der Waals surface area (Å²) in [4.78, 5) is 12.0. The second-order valence-corrected chi connectivity index (χ2v) is 4.50. The van der Waals surface area contributed by atoms with Gasteiger partial charge in [0.1, 0.15) is 5.76 Å². The molecule has 3 rings (SSSR count). The highest BCUT2D eigenvalue weighted by molar-refractivity contribution is 6.07. The third-order valence-corrected chi connectivity index (χ3v) is 3.40. The lowest BCUT2D eigenvalue weighted by molar-refractivity contribution is -0.116. The molecule has 1 aromatic rings. The molecule has 0 radical (unpaired) electrons. The first-order valence-electron chi connectivity index (χ1n) is 6.02. The first kappa shape index (κ1) is 11.0. The van der Waals surface area contributed by atoms with Gasteiger partial charge in [-0.3, -0.25) is 4.79 Å². The molecule has 4 heteroatoms. The van der Waals surface area contributed by atoms with Gasteiger partial charge in [-0.2, -0.15) is 0 Å². The molecule has 1 aliphatic heterocycles. The normalized spacial score (nSPS) is 25.2. The van der Waals surface area contributed by atoms with E-state index in [-0.39, 0.29) is 17.6 Å². The number of oxime groups is 1. The van der Waals surface area contributed by atoms with Crippen molar-refractivity contribution in [2.24, 2.45) is 5.16 Å². The number of ketones is 1. The molecule has 0 fully saturated rings. The fourth-order valence-electron chi connectivity index (χ4n) is 2.60. The Labute approximate surface area is 105 Å². The third kappa shape index (κ3) is 1.61. The summed E-state index contributed by atoms with van der Waals surface area (Å²) in [5.74, 6) is 0.636. The average Bonchev–Trinajstić information content (AvgIpc) is 2.79. The predicted octanol–water partition coefficient (Wildman–Crippen LogP) is 2.60. The summed E-state index contributed by atoms with van der Waals surface area (Å²) in [6.45, 7) is 0. The van der Waals surface area contributed by atoms with E-state index in [1.54, 1.807) is 0 Å². The van der Waals surface area contributed by atoms with Gasteiger partial charge in [0.15, 0.2) is 5.78 Å². The van der Waals surface area contributed by atoms with Crippen LogP contribution in [0.5, 0.6) is 0 Å². The van der Waals surface area contributed by atoms with Crippen LogP contribution in [-0.2, 0) is 9.53 Å². The average molecular weight is 243 g/mol. The lowest BCUT2D eigenvalue weighted by Crippen LogP contribution is -2.16. The quantitative estimate of drug-likeness (QED) is 0.609. The van der Waals surface area contributed by atoms with Gasteiger partial charge in [0.2, 0.25) is 5.90 Å². The molecule has 18 heavy (non-hydrogen) atoms. The lowest BCUT2D eigenvalue weighted by Gasteiger charge is -2.14. The number of hydrogen-bond donors (Lipinski definition) is 1. The van der Waals surface area contributed by atoms with Crippen LogP contribution in [0.15, 0.2) is 46.8 Å². The topological polar surface area (TPSA) is 58.9 Å². The van der Waals surface area contributed by atoms with E-state index in [0.29, 0.717) is 17.8 Å². The molecule has 0 amide bonds. The summed E-state index contributed by atoms with van der Waals surface area (Å²) < 4.78 is 5.51. The maximum atomic E-state index is 12.0. The van der Waals surface area contributed by atoms with Crippen molar-refractivity contribution in [2.75, 3.05) is 0 Å². The zero-order valence-corrected chi connectivity index (χ0v) is 9.80. The molecule has 0 aromatic heterocycles. The first-order chi connectivity index (χ1) is 8.81. The van der Waals surface area contributed by atoms with Crippen molar-refractivity contribution in [1.29, 1.82) is 0 Å². The van der Waals surface area contributed by atoms with Crippen molar-refractivity contribution in [2.45, 2.75) is 25.2 Å². The molecule has 0 spiro atoms. The van der Waals surface area contributed by atoms with E-state index in [1.165, 1.54) is 0 Å². The van der Waals surface area contributed by atoms with Crippen LogP contribution in [0.25, 0.3) is 0 Å². The molecule has 1 heterocycles. The van der Waals surface area contributed by atoms with Crippen LogP contribution in [0.2, 0.25) is 0 Å². The minimum atomic E-state index is -0.348. The van der Waals surface area contributed by atoms with Gasteiger partial charge in [-0.25, -0.2) is 0 Å². The zero-order chi connectivity index (χ0) is 12.5. The lowest BCUT2D eigenvalue weighted by atomic mass is 9.84. The summed E-state index contributed by atoms with van der Waals surface area (Å²) in [5.41, 5.74) is 1.59. The molecular formula is C14H13NO3. The van der Waals surface area contributed by atoms with Gasteiger partial charge in [0.05, 0.1) is 11.5 Å². The van der Waals surface area contributed by atoms with Crippen molar-refractivity contribution in [1.82, 2.24) is 0 Å². The van der Waals surface area contributed by atoms with E-state index < -0.39 is 0 Å². The Morgan fingerprint density at radius 3 is 2.72 bits per heavy atom. The summed E-state index contributed by atoms with van der Waals surface area (Å²) in [6, 6.07) is 9.54. The number of Topliss-reactive ketones (excluding diaryl/α,β-unsaturated/α-hetero) is 1.